The third-order valence-electron chi connectivity index (χ3n) is 2.82. The van der Waals surface area contributed by atoms with Crippen molar-refractivity contribution in [3.8, 4) is 0 Å². The van der Waals surface area contributed by atoms with E-state index in [4.69, 9.17) is 9.84 Å². The minimum atomic E-state index is -0.777. The maximum absolute atomic E-state index is 11.5. The van der Waals surface area contributed by atoms with Gasteiger partial charge in [0.05, 0.1) is 12.7 Å². The SMILES string of the molecule is O=C1CCN([C@H]2C[C@@H](O)[C@H](CO)O2)C(=O)N1. The summed E-state index contributed by atoms with van der Waals surface area (Å²) in [5.41, 5.74) is 0. The molecule has 2 aliphatic rings. The minimum absolute atomic E-state index is 0.228. The van der Waals surface area contributed by atoms with Gasteiger partial charge in [0, 0.05) is 19.4 Å². The monoisotopic (exact) mass is 230 g/mol. The molecule has 3 N–H and O–H groups in total. The van der Waals surface area contributed by atoms with Crippen molar-refractivity contribution in [2.24, 2.45) is 0 Å². The molecule has 0 saturated carbocycles. The van der Waals surface area contributed by atoms with Crippen LogP contribution in [0.5, 0.6) is 0 Å². The van der Waals surface area contributed by atoms with Gasteiger partial charge in [-0.3, -0.25) is 15.0 Å². The quantitative estimate of drug-likeness (QED) is 0.530. The summed E-state index contributed by atoms with van der Waals surface area (Å²) in [5.74, 6) is -0.307. The summed E-state index contributed by atoms with van der Waals surface area (Å²) in [6, 6.07) is -0.507. The van der Waals surface area contributed by atoms with E-state index >= 15 is 0 Å². The van der Waals surface area contributed by atoms with Crippen LogP contribution in [0.3, 0.4) is 0 Å². The first-order valence-corrected chi connectivity index (χ1v) is 5.16. The lowest BCUT2D eigenvalue weighted by Gasteiger charge is -2.31. The maximum atomic E-state index is 11.5. The Morgan fingerprint density at radius 1 is 1.50 bits per heavy atom. The van der Waals surface area contributed by atoms with Crippen LogP contribution in [-0.4, -0.2) is 58.6 Å². The molecule has 16 heavy (non-hydrogen) atoms. The van der Waals surface area contributed by atoms with E-state index in [9.17, 15) is 14.7 Å². The standard InChI is InChI=1S/C9H14N2O5/c12-4-6-5(13)3-8(16-6)11-2-1-7(14)10-9(11)15/h5-6,8,12-13H,1-4H2,(H,10,14,15)/t5-,6+,8-/m1/s1. The molecule has 0 bridgehead atoms. The molecule has 3 atom stereocenters. The zero-order valence-corrected chi connectivity index (χ0v) is 8.63. The molecule has 0 aromatic heterocycles. The highest BCUT2D eigenvalue weighted by molar-refractivity contribution is 5.96. The van der Waals surface area contributed by atoms with Gasteiger partial charge in [-0.25, -0.2) is 4.79 Å². The molecule has 0 radical (unpaired) electrons. The van der Waals surface area contributed by atoms with Gasteiger partial charge in [-0.2, -0.15) is 0 Å². The first-order valence-electron chi connectivity index (χ1n) is 5.16. The van der Waals surface area contributed by atoms with Crippen molar-refractivity contribution < 1.29 is 24.5 Å². The predicted molar refractivity (Wildman–Crippen MR) is 51.2 cm³/mol. The van der Waals surface area contributed by atoms with E-state index in [0.717, 1.165) is 0 Å². The van der Waals surface area contributed by atoms with Gasteiger partial charge < -0.3 is 14.9 Å². The van der Waals surface area contributed by atoms with E-state index in [0.29, 0.717) is 0 Å². The summed E-state index contributed by atoms with van der Waals surface area (Å²) in [5, 5.41) is 20.6. The van der Waals surface area contributed by atoms with Crippen LogP contribution in [0.25, 0.3) is 0 Å². The highest BCUT2D eigenvalue weighted by Crippen LogP contribution is 2.24. The second-order valence-electron chi connectivity index (χ2n) is 3.91. The molecule has 2 fully saturated rings. The zero-order valence-electron chi connectivity index (χ0n) is 8.63. The van der Waals surface area contributed by atoms with Gasteiger partial charge in [-0.15, -0.1) is 0 Å². The molecule has 90 valence electrons. The lowest BCUT2D eigenvalue weighted by Crippen LogP contribution is -2.53. The van der Waals surface area contributed by atoms with E-state index in [-0.39, 0.29) is 31.9 Å². The Labute approximate surface area is 92.0 Å². The van der Waals surface area contributed by atoms with Gasteiger partial charge in [-0.1, -0.05) is 0 Å². The van der Waals surface area contributed by atoms with Crippen molar-refractivity contribution in [3.05, 3.63) is 0 Å². The third-order valence-corrected chi connectivity index (χ3v) is 2.82. The largest absolute Gasteiger partial charge is 0.394 e. The molecular formula is C9H14N2O5. The van der Waals surface area contributed by atoms with Crippen molar-refractivity contribution >= 4 is 11.9 Å². The van der Waals surface area contributed by atoms with Gasteiger partial charge in [0.15, 0.2) is 0 Å². The Kier molecular flexibility index (Phi) is 3.08. The summed E-state index contributed by atoms with van der Waals surface area (Å²) in [7, 11) is 0. The van der Waals surface area contributed by atoms with Crippen LogP contribution in [0.4, 0.5) is 4.79 Å². The normalized spacial score (nSPS) is 35.4. The molecular weight excluding hydrogens is 216 g/mol. The number of amides is 3. The van der Waals surface area contributed by atoms with Crippen molar-refractivity contribution in [3.63, 3.8) is 0 Å². The molecule has 0 spiro atoms. The van der Waals surface area contributed by atoms with Crippen molar-refractivity contribution in [1.29, 1.82) is 0 Å². The topological polar surface area (TPSA) is 99.1 Å². The number of imide groups is 1. The fraction of sp³-hybridized carbons (Fsp3) is 0.778. The number of carbonyl (C=O) groups excluding carboxylic acids is 2. The van der Waals surface area contributed by atoms with Crippen LogP contribution in [0.15, 0.2) is 0 Å². The molecule has 0 aromatic carbocycles. The molecule has 2 rings (SSSR count). The number of aliphatic hydroxyl groups is 2. The number of rotatable bonds is 2. The summed E-state index contributed by atoms with van der Waals surface area (Å²) >= 11 is 0. The van der Waals surface area contributed by atoms with Crippen LogP contribution >= 0.6 is 0 Å². The molecule has 3 amide bonds. The maximum Gasteiger partial charge on any atom is 0.326 e. The zero-order chi connectivity index (χ0) is 11.7. The number of carbonyl (C=O) groups is 2. The Bertz CT molecular complexity index is 308. The fourth-order valence-electron chi connectivity index (χ4n) is 1.92. The molecule has 2 saturated heterocycles. The number of hydrogen-bond donors (Lipinski definition) is 3. The summed E-state index contributed by atoms with van der Waals surface area (Å²) in [4.78, 5) is 23.8. The van der Waals surface area contributed by atoms with Gasteiger partial charge >= 0.3 is 6.03 Å². The van der Waals surface area contributed by atoms with E-state index in [1.807, 2.05) is 0 Å². The van der Waals surface area contributed by atoms with Gasteiger partial charge in [0.1, 0.15) is 12.3 Å². The lowest BCUT2D eigenvalue weighted by molar-refractivity contribution is -0.123. The molecule has 0 aliphatic carbocycles. The second-order valence-corrected chi connectivity index (χ2v) is 3.91. The molecule has 0 unspecified atom stereocenters. The first-order chi connectivity index (χ1) is 7.61. The Morgan fingerprint density at radius 3 is 2.81 bits per heavy atom. The van der Waals surface area contributed by atoms with Crippen molar-refractivity contribution in [2.75, 3.05) is 13.2 Å². The Morgan fingerprint density at radius 2 is 2.25 bits per heavy atom. The van der Waals surface area contributed by atoms with Gasteiger partial charge in [-0.05, 0) is 0 Å². The summed E-state index contributed by atoms with van der Waals surface area (Å²) in [6.45, 7) is -0.00768. The molecule has 7 heteroatoms. The first kappa shape index (κ1) is 11.3. The highest BCUT2D eigenvalue weighted by Gasteiger charge is 2.40. The molecule has 0 aromatic rings. The van der Waals surface area contributed by atoms with Crippen molar-refractivity contribution in [2.45, 2.75) is 31.3 Å². The average Bonchev–Trinajstić information content (AvgIpc) is 2.59. The number of ether oxygens (including phenoxy) is 1. The third kappa shape index (κ3) is 2.01. The number of nitrogens with zero attached hydrogens (tertiary/aromatic N) is 1. The van der Waals surface area contributed by atoms with E-state index < -0.39 is 24.5 Å². The molecule has 2 heterocycles. The van der Waals surface area contributed by atoms with Crippen LogP contribution in [0.2, 0.25) is 0 Å². The van der Waals surface area contributed by atoms with E-state index in [1.165, 1.54) is 4.90 Å². The van der Waals surface area contributed by atoms with Crippen LogP contribution in [-0.2, 0) is 9.53 Å². The van der Waals surface area contributed by atoms with Gasteiger partial charge in [0.25, 0.3) is 0 Å². The van der Waals surface area contributed by atoms with E-state index in [2.05, 4.69) is 5.32 Å². The fourth-order valence-corrected chi connectivity index (χ4v) is 1.92. The highest BCUT2D eigenvalue weighted by atomic mass is 16.5. The van der Waals surface area contributed by atoms with Crippen LogP contribution < -0.4 is 5.32 Å². The second kappa shape index (κ2) is 4.36. The number of hydrogen-bond acceptors (Lipinski definition) is 5. The smallest absolute Gasteiger partial charge is 0.326 e. The lowest BCUT2D eigenvalue weighted by atomic mass is 10.2. The minimum Gasteiger partial charge on any atom is -0.394 e. The summed E-state index contributed by atoms with van der Waals surface area (Å²) in [6.07, 6.45) is -1.52. The Balaban J connectivity index is 1.98. The average molecular weight is 230 g/mol. The Hall–Kier alpha value is -1.18. The number of urea groups is 1. The van der Waals surface area contributed by atoms with Crippen molar-refractivity contribution in [1.82, 2.24) is 10.2 Å². The molecule has 7 nitrogen and oxygen atoms in total. The van der Waals surface area contributed by atoms with Gasteiger partial charge in [0.2, 0.25) is 5.91 Å². The number of nitrogens with one attached hydrogen (secondary N) is 1. The summed E-state index contributed by atoms with van der Waals surface area (Å²) < 4.78 is 5.32. The van der Waals surface area contributed by atoms with Crippen LogP contribution in [0, 0.1) is 0 Å². The molecule has 2 aliphatic heterocycles. The number of aliphatic hydroxyl groups excluding tert-OH is 2. The van der Waals surface area contributed by atoms with Crippen LogP contribution in [0.1, 0.15) is 12.8 Å². The van der Waals surface area contributed by atoms with E-state index in [1.54, 1.807) is 0 Å². The predicted octanol–water partition coefficient (Wildman–Crippen LogP) is -1.60.